The molecule has 0 aliphatic carbocycles. The van der Waals surface area contributed by atoms with Gasteiger partial charge in [-0.05, 0) is 36.4 Å². The predicted octanol–water partition coefficient (Wildman–Crippen LogP) is 5.01. The number of hydrogen-bond acceptors (Lipinski definition) is 6. The van der Waals surface area contributed by atoms with Crippen molar-refractivity contribution in [3.8, 4) is 28.4 Å². The molecule has 0 amide bonds. The molecule has 0 aliphatic rings. The third-order valence-corrected chi connectivity index (χ3v) is 4.78. The van der Waals surface area contributed by atoms with Gasteiger partial charge in [-0.15, -0.1) is 0 Å². The van der Waals surface area contributed by atoms with Gasteiger partial charge in [-0.1, -0.05) is 6.07 Å². The number of aromatic nitrogens is 6. The maximum atomic E-state index is 13.6. The number of H-pyrrole nitrogens is 1. The van der Waals surface area contributed by atoms with E-state index in [0.717, 1.165) is 0 Å². The van der Waals surface area contributed by atoms with Crippen LogP contribution in [-0.4, -0.2) is 42.6 Å². The fourth-order valence-electron chi connectivity index (χ4n) is 3.38. The molecular weight excluding hydrogens is 454 g/mol. The molecule has 172 valence electrons. The van der Waals surface area contributed by atoms with Gasteiger partial charge < -0.3 is 10.1 Å². The molecule has 0 bridgehead atoms. The summed E-state index contributed by atoms with van der Waals surface area (Å²) in [5, 5.41) is 14.1. The van der Waals surface area contributed by atoms with Crippen molar-refractivity contribution in [1.82, 2.24) is 29.8 Å². The summed E-state index contributed by atoms with van der Waals surface area (Å²) in [7, 11) is 0. The van der Waals surface area contributed by atoms with E-state index in [1.54, 1.807) is 30.5 Å². The minimum absolute atomic E-state index is 0.102. The average Bonchev–Trinajstić information content (AvgIpc) is 3.46. The zero-order valence-corrected chi connectivity index (χ0v) is 17.2. The van der Waals surface area contributed by atoms with Crippen LogP contribution in [0.15, 0.2) is 67.0 Å². The molecule has 2 N–H and O–H groups in total. The minimum Gasteiger partial charge on any atom is -0.468 e. The lowest BCUT2D eigenvalue weighted by Crippen LogP contribution is -2.20. The Morgan fingerprint density at radius 2 is 1.82 bits per heavy atom. The number of aromatic amines is 1. The number of anilines is 2. The highest BCUT2D eigenvalue weighted by Crippen LogP contribution is 2.36. The van der Waals surface area contributed by atoms with Crippen LogP contribution in [0.5, 0.6) is 5.88 Å². The monoisotopic (exact) mass is 469 g/mol. The van der Waals surface area contributed by atoms with E-state index in [0.29, 0.717) is 33.8 Å². The summed E-state index contributed by atoms with van der Waals surface area (Å²) in [5.41, 5.74) is 2.33. The molecule has 4 aromatic heterocycles. The second-order valence-electron chi connectivity index (χ2n) is 7.16. The zero-order chi connectivity index (χ0) is 23.7. The summed E-state index contributed by atoms with van der Waals surface area (Å²) in [6.07, 6.45) is -1.42. The Morgan fingerprint density at radius 1 is 1.00 bits per heavy atom. The van der Waals surface area contributed by atoms with Crippen molar-refractivity contribution in [3.63, 3.8) is 0 Å². The standard InChI is InChI=1S/C22H15F4N7O/c23-14-6-4-13(5-7-14)20-19(15-8-10-27-21(29-15)30-17-9-11-28-31-17)16-2-1-3-18(33(16)32-20)34-12-22(24,25)26/h1-11H,12H2,(H2,27,28,29,30,31). The fraction of sp³-hybridized carbons (Fsp3) is 0.0909. The lowest BCUT2D eigenvalue weighted by molar-refractivity contribution is -0.154. The third kappa shape index (κ3) is 4.37. The molecule has 0 radical (unpaired) electrons. The molecule has 5 rings (SSSR count). The van der Waals surface area contributed by atoms with E-state index in [4.69, 9.17) is 4.74 Å². The first-order chi connectivity index (χ1) is 16.4. The average molecular weight is 469 g/mol. The number of benzene rings is 1. The number of hydrogen-bond donors (Lipinski definition) is 2. The van der Waals surface area contributed by atoms with Gasteiger partial charge in [-0.2, -0.15) is 27.9 Å². The molecule has 0 aliphatic heterocycles. The van der Waals surface area contributed by atoms with Gasteiger partial charge in [0.25, 0.3) is 0 Å². The normalized spacial score (nSPS) is 11.6. The summed E-state index contributed by atoms with van der Waals surface area (Å²) >= 11 is 0. The molecule has 0 atom stereocenters. The molecule has 0 saturated heterocycles. The number of alkyl halides is 3. The van der Waals surface area contributed by atoms with Crippen molar-refractivity contribution >= 4 is 17.3 Å². The summed E-state index contributed by atoms with van der Waals surface area (Å²) in [6.45, 7) is -1.47. The molecule has 1 aromatic carbocycles. The van der Waals surface area contributed by atoms with Gasteiger partial charge in [0, 0.05) is 23.9 Å². The van der Waals surface area contributed by atoms with Crippen molar-refractivity contribution in [2.45, 2.75) is 6.18 Å². The molecule has 34 heavy (non-hydrogen) atoms. The van der Waals surface area contributed by atoms with E-state index in [2.05, 4.69) is 30.6 Å². The molecule has 4 heterocycles. The highest BCUT2D eigenvalue weighted by Gasteiger charge is 2.29. The van der Waals surface area contributed by atoms with Crippen molar-refractivity contribution in [3.05, 3.63) is 72.8 Å². The van der Waals surface area contributed by atoms with Crippen LogP contribution in [0.3, 0.4) is 0 Å². The lowest BCUT2D eigenvalue weighted by atomic mass is 10.0. The number of rotatable bonds is 6. The van der Waals surface area contributed by atoms with Gasteiger partial charge in [0.1, 0.15) is 17.3 Å². The van der Waals surface area contributed by atoms with E-state index >= 15 is 0 Å². The SMILES string of the molecule is Fc1ccc(-c2nn3c(OCC(F)(F)F)cccc3c2-c2ccnc(Nc3ccn[nH]3)n2)cc1. The Hall–Kier alpha value is -4.48. The van der Waals surface area contributed by atoms with Gasteiger partial charge in [-0.25, -0.2) is 14.4 Å². The summed E-state index contributed by atoms with van der Waals surface area (Å²) in [6, 6.07) is 13.6. The first-order valence-corrected chi connectivity index (χ1v) is 9.94. The van der Waals surface area contributed by atoms with Crippen LogP contribution < -0.4 is 10.1 Å². The van der Waals surface area contributed by atoms with Crippen molar-refractivity contribution in [1.29, 1.82) is 0 Å². The van der Waals surface area contributed by atoms with Crippen molar-refractivity contribution in [2.24, 2.45) is 0 Å². The minimum atomic E-state index is -4.52. The molecular formula is C22H15F4N7O. The van der Waals surface area contributed by atoms with Crippen LogP contribution >= 0.6 is 0 Å². The van der Waals surface area contributed by atoms with Crippen molar-refractivity contribution in [2.75, 3.05) is 11.9 Å². The van der Waals surface area contributed by atoms with E-state index in [9.17, 15) is 17.6 Å². The maximum absolute atomic E-state index is 13.6. The van der Waals surface area contributed by atoms with Crippen LogP contribution in [0.25, 0.3) is 28.0 Å². The summed E-state index contributed by atoms with van der Waals surface area (Å²) < 4.78 is 58.1. The lowest BCUT2D eigenvalue weighted by Gasteiger charge is -2.10. The molecule has 0 saturated carbocycles. The Kier molecular flexibility index (Phi) is 5.32. The highest BCUT2D eigenvalue weighted by molar-refractivity contribution is 5.91. The van der Waals surface area contributed by atoms with Crippen LogP contribution in [-0.2, 0) is 0 Å². The van der Waals surface area contributed by atoms with Gasteiger partial charge in [0.05, 0.1) is 23.0 Å². The fourth-order valence-corrected chi connectivity index (χ4v) is 3.38. The van der Waals surface area contributed by atoms with Crippen molar-refractivity contribution < 1.29 is 22.3 Å². The van der Waals surface area contributed by atoms with Crippen LogP contribution in [0.1, 0.15) is 0 Å². The first kappa shape index (κ1) is 21.4. The number of nitrogens with one attached hydrogen (secondary N) is 2. The molecule has 0 unspecified atom stereocenters. The number of halogens is 4. The van der Waals surface area contributed by atoms with Crippen LogP contribution in [0.2, 0.25) is 0 Å². The second-order valence-corrected chi connectivity index (χ2v) is 7.16. The Labute approximate surface area is 189 Å². The largest absolute Gasteiger partial charge is 0.468 e. The summed E-state index contributed by atoms with van der Waals surface area (Å²) in [4.78, 5) is 8.74. The van der Waals surface area contributed by atoms with Gasteiger partial charge in [0.2, 0.25) is 11.8 Å². The topological polar surface area (TPSA) is 93.0 Å². The second kappa shape index (κ2) is 8.46. The highest BCUT2D eigenvalue weighted by atomic mass is 19.4. The van der Waals surface area contributed by atoms with Gasteiger partial charge >= 0.3 is 6.18 Å². The number of fused-ring (bicyclic) bond motifs is 1. The van der Waals surface area contributed by atoms with E-state index in [1.807, 2.05) is 0 Å². The molecule has 0 spiro atoms. The Morgan fingerprint density at radius 3 is 2.56 bits per heavy atom. The van der Waals surface area contributed by atoms with E-state index < -0.39 is 18.6 Å². The number of nitrogens with zero attached hydrogens (tertiary/aromatic N) is 5. The quantitative estimate of drug-likeness (QED) is 0.340. The molecule has 12 heteroatoms. The zero-order valence-electron chi connectivity index (χ0n) is 17.2. The maximum Gasteiger partial charge on any atom is 0.422 e. The Bertz CT molecular complexity index is 1430. The molecule has 0 fully saturated rings. The molecule has 8 nitrogen and oxygen atoms in total. The van der Waals surface area contributed by atoms with Crippen LogP contribution in [0, 0.1) is 5.82 Å². The molecule has 5 aromatic rings. The van der Waals surface area contributed by atoms with Gasteiger partial charge in [-0.3, -0.25) is 5.10 Å². The van der Waals surface area contributed by atoms with Gasteiger partial charge in [0.15, 0.2) is 6.61 Å². The predicted molar refractivity (Wildman–Crippen MR) is 115 cm³/mol. The number of ether oxygens (including phenoxy) is 1. The first-order valence-electron chi connectivity index (χ1n) is 9.94. The Balaban J connectivity index is 1.66. The summed E-state index contributed by atoms with van der Waals surface area (Å²) in [5.74, 6) is 0.292. The van der Waals surface area contributed by atoms with E-state index in [1.165, 1.54) is 41.0 Å². The smallest absolute Gasteiger partial charge is 0.422 e. The van der Waals surface area contributed by atoms with Crippen LogP contribution in [0.4, 0.5) is 29.3 Å². The number of pyridine rings is 1. The third-order valence-electron chi connectivity index (χ3n) is 4.78. The van der Waals surface area contributed by atoms with E-state index in [-0.39, 0.29) is 11.8 Å².